The molecular formula is C12H17NO3S. The Kier molecular flexibility index (Phi) is 2.56. The van der Waals surface area contributed by atoms with Crippen LogP contribution in [0.4, 0.5) is 0 Å². The van der Waals surface area contributed by atoms with Crippen molar-refractivity contribution in [2.45, 2.75) is 37.8 Å². The molecule has 3 rings (SSSR count). The second-order valence-electron chi connectivity index (χ2n) is 5.09. The number of hydrogen-bond donors (Lipinski definition) is 1. The highest BCUT2D eigenvalue weighted by atomic mass is 32.2. The maximum Gasteiger partial charge on any atom is 0.152 e. The van der Waals surface area contributed by atoms with Gasteiger partial charge in [0.15, 0.2) is 9.84 Å². The monoisotopic (exact) mass is 255 g/mol. The van der Waals surface area contributed by atoms with Gasteiger partial charge in [0.2, 0.25) is 0 Å². The lowest BCUT2D eigenvalue weighted by atomic mass is 9.95. The number of rotatable bonds is 1. The zero-order chi connectivity index (χ0) is 12.0. The molecule has 1 aliphatic heterocycles. The molecule has 0 bridgehead atoms. The summed E-state index contributed by atoms with van der Waals surface area (Å²) in [6.45, 7) is 0. The average molecular weight is 255 g/mol. The van der Waals surface area contributed by atoms with Crippen molar-refractivity contribution in [3.05, 3.63) is 23.5 Å². The Hall–Kier alpha value is -0.810. The normalized spacial score (nSPS) is 31.4. The Morgan fingerprint density at radius 3 is 2.88 bits per heavy atom. The van der Waals surface area contributed by atoms with E-state index < -0.39 is 9.84 Å². The maximum absolute atomic E-state index is 11.5. The second kappa shape index (κ2) is 3.85. The van der Waals surface area contributed by atoms with E-state index in [1.165, 1.54) is 0 Å². The van der Waals surface area contributed by atoms with Gasteiger partial charge in [-0.05, 0) is 31.7 Å². The molecule has 1 aromatic heterocycles. The van der Waals surface area contributed by atoms with E-state index in [1.54, 1.807) is 0 Å². The summed E-state index contributed by atoms with van der Waals surface area (Å²) >= 11 is 0. The Bertz CT molecular complexity index is 532. The summed E-state index contributed by atoms with van der Waals surface area (Å²) in [5.74, 6) is 0.553. The quantitative estimate of drug-likeness (QED) is 0.820. The van der Waals surface area contributed by atoms with Gasteiger partial charge in [-0.15, -0.1) is 0 Å². The lowest BCUT2D eigenvalue weighted by molar-refractivity contribution is 0.155. The van der Waals surface area contributed by atoms with Crippen LogP contribution in [-0.2, 0) is 16.3 Å². The molecule has 0 saturated carbocycles. The first-order valence-electron chi connectivity index (χ1n) is 6.15. The van der Waals surface area contributed by atoms with Gasteiger partial charge < -0.3 is 9.67 Å². The van der Waals surface area contributed by atoms with Crippen molar-refractivity contribution in [1.82, 2.24) is 4.57 Å². The van der Waals surface area contributed by atoms with E-state index in [-0.39, 0.29) is 17.9 Å². The summed E-state index contributed by atoms with van der Waals surface area (Å²) in [6.07, 6.45) is 5.05. The van der Waals surface area contributed by atoms with Gasteiger partial charge in [0.25, 0.3) is 0 Å². The molecule has 2 heterocycles. The van der Waals surface area contributed by atoms with Crippen LogP contribution in [0.15, 0.2) is 12.3 Å². The van der Waals surface area contributed by atoms with Gasteiger partial charge >= 0.3 is 0 Å². The summed E-state index contributed by atoms with van der Waals surface area (Å²) in [7, 11) is -2.84. The van der Waals surface area contributed by atoms with Crippen molar-refractivity contribution in [1.29, 1.82) is 0 Å². The van der Waals surface area contributed by atoms with E-state index in [9.17, 15) is 13.5 Å². The Morgan fingerprint density at radius 1 is 1.35 bits per heavy atom. The second-order valence-corrected chi connectivity index (χ2v) is 7.32. The van der Waals surface area contributed by atoms with Crippen LogP contribution in [-0.4, -0.2) is 29.6 Å². The molecule has 1 saturated heterocycles. The van der Waals surface area contributed by atoms with Crippen LogP contribution >= 0.6 is 0 Å². The van der Waals surface area contributed by atoms with Gasteiger partial charge in [0.1, 0.15) is 0 Å². The minimum Gasteiger partial charge on any atom is -0.388 e. The van der Waals surface area contributed by atoms with Crippen LogP contribution in [0.5, 0.6) is 0 Å². The van der Waals surface area contributed by atoms with Gasteiger partial charge in [-0.25, -0.2) is 8.42 Å². The molecular weight excluding hydrogens is 238 g/mol. The fraction of sp³-hybridized carbons (Fsp3) is 0.667. The SMILES string of the molecule is O=S1(=O)CCC(n2ccc3c2CCCC3O)C1. The van der Waals surface area contributed by atoms with Crippen molar-refractivity contribution in [3.8, 4) is 0 Å². The van der Waals surface area contributed by atoms with Crippen molar-refractivity contribution >= 4 is 9.84 Å². The minimum atomic E-state index is -2.84. The highest BCUT2D eigenvalue weighted by molar-refractivity contribution is 7.91. The molecule has 2 atom stereocenters. The molecule has 1 aliphatic carbocycles. The fourth-order valence-corrected chi connectivity index (χ4v) is 4.74. The number of aliphatic hydroxyl groups excluding tert-OH is 1. The first kappa shape index (κ1) is 11.3. The molecule has 2 unspecified atom stereocenters. The molecule has 94 valence electrons. The summed E-state index contributed by atoms with van der Waals surface area (Å²) in [6, 6.07) is 2.03. The molecule has 1 aromatic rings. The van der Waals surface area contributed by atoms with Crippen LogP contribution in [0.2, 0.25) is 0 Å². The van der Waals surface area contributed by atoms with Crippen molar-refractivity contribution in [3.63, 3.8) is 0 Å². The maximum atomic E-state index is 11.5. The fourth-order valence-electron chi connectivity index (χ4n) is 3.03. The van der Waals surface area contributed by atoms with Gasteiger partial charge in [0.05, 0.1) is 17.6 Å². The number of nitrogens with zero attached hydrogens (tertiary/aromatic N) is 1. The minimum absolute atomic E-state index is 0.0778. The van der Waals surface area contributed by atoms with Gasteiger partial charge in [-0.2, -0.15) is 0 Å². The van der Waals surface area contributed by atoms with Gasteiger partial charge in [-0.3, -0.25) is 0 Å². The zero-order valence-corrected chi connectivity index (χ0v) is 10.5. The molecule has 5 heteroatoms. The van der Waals surface area contributed by atoms with E-state index in [0.717, 1.165) is 30.5 Å². The lowest BCUT2D eigenvalue weighted by Crippen LogP contribution is -2.16. The van der Waals surface area contributed by atoms with Crippen molar-refractivity contribution in [2.75, 3.05) is 11.5 Å². The van der Waals surface area contributed by atoms with E-state index in [2.05, 4.69) is 4.57 Å². The summed E-state index contributed by atoms with van der Waals surface area (Å²) in [5.41, 5.74) is 2.14. The molecule has 0 radical (unpaired) electrons. The number of sulfone groups is 1. The van der Waals surface area contributed by atoms with Crippen LogP contribution in [0.25, 0.3) is 0 Å². The molecule has 4 nitrogen and oxygen atoms in total. The Balaban J connectivity index is 1.95. The first-order chi connectivity index (χ1) is 8.07. The third-order valence-electron chi connectivity index (χ3n) is 3.91. The van der Waals surface area contributed by atoms with Gasteiger partial charge in [-0.1, -0.05) is 0 Å². The third-order valence-corrected chi connectivity index (χ3v) is 5.66. The number of aromatic nitrogens is 1. The average Bonchev–Trinajstić information content (AvgIpc) is 2.82. The predicted octanol–water partition coefficient (Wildman–Crippen LogP) is 1.22. The van der Waals surface area contributed by atoms with Crippen LogP contribution < -0.4 is 0 Å². The predicted molar refractivity (Wildman–Crippen MR) is 64.6 cm³/mol. The number of aliphatic hydroxyl groups is 1. The largest absolute Gasteiger partial charge is 0.388 e. The Morgan fingerprint density at radius 2 is 2.18 bits per heavy atom. The lowest BCUT2D eigenvalue weighted by Gasteiger charge is -2.22. The van der Waals surface area contributed by atoms with E-state index in [1.807, 2.05) is 12.3 Å². The van der Waals surface area contributed by atoms with Crippen molar-refractivity contribution in [2.24, 2.45) is 0 Å². The van der Waals surface area contributed by atoms with Gasteiger partial charge in [0, 0.05) is 23.5 Å². The third kappa shape index (κ3) is 1.91. The summed E-state index contributed by atoms with van der Waals surface area (Å²) in [5, 5.41) is 9.89. The zero-order valence-electron chi connectivity index (χ0n) is 9.67. The van der Waals surface area contributed by atoms with E-state index in [4.69, 9.17) is 0 Å². The highest BCUT2D eigenvalue weighted by Gasteiger charge is 2.32. The Labute approximate surface area is 101 Å². The van der Waals surface area contributed by atoms with E-state index >= 15 is 0 Å². The molecule has 0 aromatic carbocycles. The molecule has 1 N–H and O–H groups in total. The first-order valence-corrected chi connectivity index (χ1v) is 7.97. The van der Waals surface area contributed by atoms with Crippen LogP contribution in [0.3, 0.4) is 0 Å². The van der Waals surface area contributed by atoms with Crippen LogP contribution in [0.1, 0.15) is 42.7 Å². The number of fused-ring (bicyclic) bond motifs is 1. The molecule has 2 aliphatic rings. The number of hydrogen-bond acceptors (Lipinski definition) is 3. The molecule has 0 amide bonds. The summed E-state index contributed by atoms with van der Waals surface area (Å²) < 4.78 is 25.1. The molecule has 1 fully saturated rings. The van der Waals surface area contributed by atoms with E-state index in [0.29, 0.717) is 12.2 Å². The summed E-state index contributed by atoms with van der Waals surface area (Å²) in [4.78, 5) is 0. The smallest absolute Gasteiger partial charge is 0.152 e. The highest BCUT2D eigenvalue weighted by Crippen LogP contribution is 2.34. The topological polar surface area (TPSA) is 59.3 Å². The van der Waals surface area contributed by atoms with Crippen LogP contribution in [0, 0.1) is 0 Å². The molecule has 0 spiro atoms. The standard InChI is InChI=1S/C12H17NO3S/c14-12-3-1-2-11-10(12)4-6-13(11)9-5-7-17(15,16)8-9/h4,6,9,12,14H,1-3,5,7-8H2. The molecule has 17 heavy (non-hydrogen) atoms. The van der Waals surface area contributed by atoms with Crippen molar-refractivity contribution < 1.29 is 13.5 Å².